The van der Waals surface area contributed by atoms with E-state index in [0.29, 0.717) is 17.4 Å². The highest BCUT2D eigenvalue weighted by Crippen LogP contribution is 2.41. The van der Waals surface area contributed by atoms with Gasteiger partial charge in [0.15, 0.2) is 0 Å². The normalized spacial score (nSPS) is 18.1. The van der Waals surface area contributed by atoms with Crippen molar-refractivity contribution in [3.8, 4) is 5.75 Å². The molecular formula is C22H21ClFNO5. The molecular weight excluding hydrogens is 413 g/mol. The van der Waals surface area contributed by atoms with Gasteiger partial charge in [0.2, 0.25) is 0 Å². The molecule has 1 heterocycles. The third-order valence-electron chi connectivity index (χ3n) is 4.78. The molecule has 1 atom stereocenters. The quantitative estimate of drug-likeness (QED) is 0.406. The standard InChI is InChI=1S/C22H21ClFNO5/c1-3-30-17-12-13(8-9-15(17)23)20(26)18-19(14-6-4-5-7-16(14)24)25(10-11-29-2)22(28)21(18)27/h4-9,12,19,26H,3,10-11H2,1-2H3/b20-18+. The van der Waals surface area contributed by atoms with Crippen molar-refractivity contribution < 1.29 is 28.6 Å². The maximum atomic E-state index is 14.6. The van der Waals surface area contributed by atoms with E-state index in [4.69, 9.17) is 21.1 Å². The first kappa shape index (κ1) is 21.8. The van der Waals surface area contributed by atoms with Crippen LogP contribution >= 0.6 is 11.6 Å². The number of ether oxygens (including phenoxy) is 2. The van der Waals surface area contributed by atoms with Crippen LogP contribution in [0, 0.1) is 5.82 Å². The zero-order valence-electron chi connectivity index (χ0n) is 16.5. The van der Waals surface area contributed by atoms with E-state index >= 15 is 0 Å². The molecule has 0 saturated carbocycles. The second-order valence-electron chi connectivity index (χ2n) is 6.59. The molecule has 3 rings (SSSR count). The summed E-state index contributed by atoms with van der Waals surface area (Å²) >= 11 is 6.10. The van der Waals surface area contributed by atoms with E-state index in [1.54, 1.807) is 13.0 Å². The first-order valence-electron chi connectivity index (χ1n) is 9.35. The van der Waals surface area contributed by atoms with Gasteiger partial charge in [0.25, 0.3) is 11.7 Å². The second-order valence-corrected chi connectivity index (χ2v) is 6.99. The molecule has 0 aromatic heterocycles. The summed E-state index contributed by atoms with van der Waals surface area (Å²) in [5, 5.41) is 11.3. The molecule has 8 heteroatoms. The molecule has 2 aromatic rings. The monoisotopic (exact) mass is 433 g/mol. The third kappa shape index (κ3) is 4.04. The average Bonchev–Trinajstić information content (AvgIpc) is 2.98. The van der Waals surface area contributed by atoms with E-state index in [1.165, 1.54) is 48.4 Å². The van der Waals surface area contributed by atoms with E-state index in [-0.39, 0.29) is 29.9 Å². The minimum Gasteiger partial charge on any atom is -0.507 e. The highest BCUT2D eigenvalue weighted by Gasteiger charge is 2.46. The molecule has 30 heavy (non-hydrogen) atoms. The van der Waals surface area contributed by atoms with Gasteiger partial charge in [-0.2, -0.15) is 0 Å². The van der Waals surface area contributed by atoms with Crippen molar-refractivity contribution in [2.75, 3.05) is 26.9 Å². The summed E-state index contributed by atoms with van der Waals surface area (Å²) in [6.45, 7) is 2.33. The summed E-state index contributed by atoms with van der Waals surface area (Å²) in [7, 11) is 1.46. The van der Waals surface area contributed by atoms with Gasteiger partial charge in [-0.25, -0.2) is 4.39 Å². The van der Waals surface area contributed by atoms with Crippen molar-refractivity contribution in [3.05, 3.63) is 70.0 Å². The number of aliphatic hydroxyl groups is 1. The van der Waals surface area contributed by atoms with Gasteiger partial charge in [-0.15, -0.1) is 0 Å². The van der Waals surface area contributed by atoms with Gasteiger partial charge in [-0.3, -0.25) is 9.59 Å². The highest BCUT2D eigenvalue weighted by atomic mass is 35.5. The Morgan fingerprint density at radius 3 is 2.63 bits per heavy atom. The predicted octanol–water partition coefficient (Wildman–Crippen LogP) is 3.95. The Balaban J connectivity index is 2.19. The fourth-order valence-electron chi connectivity index (χ4n) is 3.39. The van der Waals surface area contributed by atoms with Crippen molar-refractivity contribution in [1.29, 1.82) is 0 Å². The fraction of sp³-hybridized carbons (Fsp3) is 0.273. The zero-order valence-corrected chi connectivity index (χ0v) is 17.3. The minimum absolute atomic E-state index is 0.0572. The molecule has 1 aliphatic heterocycles. The summed E-state index contributed by atoms with van der Waals surface area (Å²) < 4.78 is 25.1. The van der Waals surface area contributed by atoms with Crippen LogP contribution in [0.4, 0.5) is 4.39 Å². The van der Waals surface area contributed by atoms with Gasteiger partial charge in [0.1, 0.15) is 17.3 Å². The summed E-state index contributed by atoms with van der Waals surface area (Å²) in [5.74, 6) is -2.44. The molecule has 1 fully saturated rings. The first-order chi connectivity index (χ1) is 14.4. The Hall–Kier alpha value is -2.90. The van der Waals surface area contributed by atoms with E-state index in [2.05, 4.69) is 0 Å². The smallest absolute Gasteiger partial charge is 0.295 e. The molecule has 0 aliphatic carbocycles. The number of ketones is 1. The zero-order chi connectivity index (χ0) is 21.8. The fourth-order valence-corrected chi connectivity index (χ4v) is 3.56. The van der Waals surface area contributed by atoms with Gasteiger partial charge >= 0.3 is 0 Å². The lowest BCUT2D eigenvalue weighted by Crippen LogP contribution is -2.33. The van der Waals surface area contributed by atoms with Gasteiger partial charge in [0.05, 0.1) is 29.9 Å². The number of methoxy groups -OCH3 is 1. The molecule has 0 bridgehead atoms. The van der Waals surface area contributed by atoms with Crippen molar-refractivity contribution in [1.82, 2.24) is 4.90 Å². The number of carbonyl (C=O) groups excluding carboxylic acids is 2. The Morgan fingerprint density at radius 2 is 1.97 bits per heavy atom. The lowest BCUT2D eigenvalue weighted by Gasteiger charge is -2.25. The topological polar surface area (TPSA) is 76.1 Å². The summed E-state index contributed by atoms with van der Waals surface area (Å²) in [5.41, 5.74) is 0.133. The van der Waals surface area contributed by atoms with E-state index in [0.717, 1.165) is 0 Å². The second kappa shape index (κ2) is 9.28. The predicted molar refractivity (Wildman–Crippen MR) is 110 cm³/mol. The lowest BCUT2D eigenvalue weighted by molar-refractivity contribution is -0.140. The van der Waals surface area contributed by atoms with Crippen LogP contribution < -0.4 is 4.74 Å². The molecule has 1 unspecified atom stereocenters. The lowest BCUT2D eigenvalue weighted by atomic mass is 9.95. The van der Waals surface area contributed by atoms with Crippen molar-refractivity contribution >= 4 is 29.1 Å². The number of hydrogen-bond donors (Lipinski definition) is 1. The van der Waals surface area contributed by atoms with Crippen LogP contribution in [0.2, 0.25) is 5.02 Å². The summed E-state index contributed by atoms with van der Waals surface area (Å²) in [6.07, 6.45) is 0. The number of Topliss-reactive ketones (excluding diaryl/α,β-unsaturated/α-hetero) is 1. The number of hydrogen-bond acceptors (Lipinski definition) is 5. The van der Waals surface area contributed by atoms with Gasteiger partial charge in [0, 0.05) is 24.8 Å². The van der Waals surface area contributed by atoms with Gasteiger partial charge in [-0.05, 0) is 31.2 Å². The Morgan fingerprint density at radius 1 is 1.23 bits per heavy atom. The van der Waals surface area contributed by atoms with Crippen LogP contribution in [0.15, 0.2) is 48.0 Å². The minimum atomic E-state index is -1.09. The Labute approximate surface area is 178 Å². The molecule has 1 aliphatic rings. The van der Waals surface area contributed by atoms with Crippen LogP contribution in [-0.4, -0.2) is 48.6 Å². The molecule has 1 amide bonds. The van der Waals surface area contributed by atoms with Crippen LogP contribution in [0.1, 0.15) is 24.1 Å². The Bertz CT molecular complexity index is 1010. The summed E-state index contributed by atoms with van der Waals surface area (Å²) in [6, 6.07) is 9.23. The van der Waals surface area contributed by atoms with Crippen molar-refractivity contribution in [3.63, 3.8) is 0 Å². The SMILES string of the molecule is CCOc1cc(/C(O)=C2\C(=O)C(=O)N(CCOC)C2c2ccccc2F)ccc1Cl. The van der Waals surface area contributed by atoms with Crippen LogP contribution in [0.5, 0.6) is 5.75 Å². The largest absolute Gasteiger partial charge is 0.507 e. The highest BCUT2D eigenvalue weighted by molar-refractivity contribution is 6.46. The third-order valence-corrected chi connectivity index (χ3v) is 5.09. The Kier molecular flexibility index (Phi) is 6.74. The van der Waals surface area contributed by atoms with Crippen LogP contribution in [0.25, 0.3) is 5.76 Å². The molecule has 0 radical (unpaired) electrons. The first-order valence-corrected chi connectivity index (χ1v) is 9.73. The van der Waals surface area contributed by atoms with E-state index < -0.39 is 29.3 Å². The number of carbonyl (C=O) groups is 2. The number of aliphatic hydroxyl groups excluding tert-OH is 1. The molecule has 158 valence electrons. The number of nitrogens with zero attached hydrogens (tertiary/aromatic N) is 1. The average molecular weight is 434 g/mol. The maximum absolute atomic E-state index is 14.6. The molecule has 2 aromatic carbocycles. The number of benzene rings is 2. The summed E-state index contributed by atoms with van der Waals surface area (Å²) in [4.78, 5) is 26.7. The molecule has 1 saturated heterocycles. The molecule has 0 spiro atoms. The molecule has 1 N–H and O–H groups in total. The number of rotatable bonds is 7. The van der Waals surface area contributed by atoms with Crippen LogP contribution in [-0.2, 0) is 14.3 Å². The van der Waals surface area contributed by atoms with Crippen LogP contribution in [0.3, 0.4) is 0 Å². The number of halogens is 2. The number of amides is 1. The van der Waals surface area contributed by atoms with Gasteiger partial charge < -0.3 is 19.5 Å². The van der Waals surface area contributed by atoms with Crippen molar-refractivity contribution in [2.45, 2.75) is 13.0 Å². The van der Waals surface area contributed by atoms with E-state index in [1.807, 2.05) is 0 Å². The molecule has 6 nitrogen and oxygen atoms in total. The van der Waals surface area contributed by atoms with Gasteiger partial charge in [-0.1, -0.05) is 29.8 Å². The van der Waals surface area contributed by atoms with Crippen molar-refractivity contribution in [2.24, 2.45) is 0 Å². The van der Waals surface area contributed by atoms with E-state index in [9.17, 15) is 19.1 Å². The maximum Gasteiger partial charge on any atom is 0.295 e. The number of likely N-dealkylation sites (tertiary alicyclic amines) is 1.